The van der Waals surface area contributed by atoms with Gasteiger partial charge in [0.25, 0.3) is 0 Å². The Kier molecular flexibility index (Phi) is 10.4. The number of pyridine rings is 1. The van der Waals surface area contributed by atoms with Gasteiger partial charge in [0.2, 0.25) is 0 Å². The average Bonchev–Trinajstić information content (AvgIpc) is 3.67. The van der Waals surface area contributed by atoms with Crippen LogP contribution in [0.5, 0.6) is 0 Å². The predicted molar refractivity (Wildman–Crippen MR) is 130 cm³/mol. The summed E-state index contributed by atoms with van der Waals surface area (Å²) in [6, 6.07) is 3.91. The van der Waals surface area contributed by atoms with E-state index in [1.807, 2.05) is 6.92 Å². The molecule has 1 unspecified atom stereocenters. The number of anilines is 1. The van der Waals surface area contributed by atoms with E-state index in [-0.39, 0.29) is 12.7 Å². The number of nitrogens with zero attached hydrogens (tertiary/aromatic N) is 2. The number of alkyl carbamates (subject to hydrolysis) is 1. The number of carbonyl (C=O) groups excluding carboxylic acids is 1. The molecule has 2 aliphatic rings. The Labute approximate surface area is 202 Å². The Morgan fingerprint density at radius 1 is 1.26 bits per heavy atom. The number of aromatic nitrogens is 1. The molecule has 1 aromatic rings. The van der Waals surface area contributed by atoms with Gasteiger partial charge in [0.1, 0.15) is 11.9 Å². The lowest BCUT2D eigenvalue weighted by atomic mass is 10.1. The summed E-state index contributed by atoms with van der Waals surface area (Å²) in [4.78, 5) is 30.8. The predicted octanol–water partition coefficient (Wildman–Crippen LogP) is 3.22. The molecule has 1 fully saturated rings. The topological polar surface area (TPSA) is 113 Å². The minimum Gasteiger partial charge on any atom is -0.480 e. The van der Waals surface area contributed by atoms with Crippen LogP contribution in [0.3, 0.4) is 0 Å². The van der Waals surface area contributed by atoms with Gasteiger partial charge in [-0.3, -0.25) is 0 Å². The second-order valence-electron chi connectivity index (χ2n) is 9.36. The summed E-state index contributed by atoms with van der Waals surface area (Å²) < 4.78 is 10.2. The van der Waals surface area contributed by atoms with Gasteiger partial charge in [-0.25, -0.2) is 14.6 Å². The van der Waals surface area contributed by atoms with Crippen LogP contribution < -0.4 is 10.6 Å². The quantitative estimate of drug-likeness (QED) is 0.331. The van der Waals surface area contributed by atoms with Gasteiger partial charge >= 0.3 is 12.1 Å². The fraction of sp³-hybridized carbons (Fsp3) is 0.720. The molecule has 1 aromatic heterocycles. The SMILES string of the molecule is COC(C)CCOC(=O)N[C@@H](CCN(CCCCc1ccc2c(n1)NCCC2)C1CC1)C(=O)O. The number of carboxylic acids is 1. The number of hydrogen-bond donors (Lipinski definition) is 3. The lowest BCUT2D eigenvalue weighted by molar-refractivity contribution is -0.139. The van der Waals surface area contributed by atoms with Gasteiger partial charge in [0.15, 0.2) is 0 Å². The van der Waals surface area contributed by atoms with Crippen LogP contribution in [0.25, 0.3) is 0 Å². The van der Waals surface area contributed by atoms with Crippen LogP contribution >= 0.6 is 0 Å². The normalized spacial score (nSPS) is 16.9. The number of methoxy groups -OCH3 is 1. The maximum atomic E-state index is 12.0. The zero-order chi connectivity index (χ0) is 24.3. The molecular weight excluding hydrogens is 436 g/mol. The summed E-state index contributed by atoms with van der Waals surface area (Å²) in [6.07, 6.45) is 7.81. The lowest BCUT2D eigenvalue weighted by Gasteiger charge is -2.24. The second-order valence-corrected chi connectivity index (χ2v) is 9.36. The fourth-order valence-electron chi connectivity index (χ4n) is 4.22. The monoisotopic (exact) mass is 476 g/mol. The highest BCUT2D eigenvalue weighted by Crippen LogP contribution is 2.27. The van der Waals surface area contributed by atoms with E-state index in [9.17, 15) is 14.7 Å². The van der Waals surface area contributed by atoms with Crippen molar-refractivity contribution in [1.82, 2.24) is 15.2 Å². The number of rotatable bonds is 15. The maximum absolute atomic E-state index is 12.0. The van der Waals surface area contributed by atoms with Crippen LogP contribution in [0.2, 0.25) is 0 Å². The number of hydrogen-bond acceptors (Lipinski definition) is 7. The summed E-state index contributed by atoms with van der Waals surface area (Å²) in [5, 5.41) is 15.4. The van der Waals surface area contributed by atoms with Gasteiger partial charge in [-0.2, -0.15) is 0 Å². The van der Waals surface area contributed by atoms with E-state index in [0.29, 0.717) is 25.4 Å². The third-order valence-electron chi connectivity index (χ3n) is 6.60. The number of amides is 1. The molecule has 9 heteroatoms. The van der Waals surface area contributed by atoms with Crippen LogP contribution in [0.1, 0.15) is 63.1 Å². The van der Waals surface area contributed by atoms with Crippen molar-refractivity contribution in [2.24, 2.45) is 0 Å². The van der Waals surface area contributed by atoms with E-state index in [0.717, 1.165) is 69.5 Å². The first kappa shape index (κ1) is 26.2. The van der Waals surface area contributed by atoms with E-state index < -0.39 is 18.1 Å². The molecule has 0 radical (unpaired) electrons. The Morgan fingerprint density at radius 2 is 2.09 bits per heavy atom. The minimum atomic E-state index is -1.04. The Bertz CT molecular complexity index is 802. The first-order valence-corrected chi connectivity index (χ1v) is 12.6. The highest BCUT2D eigenvalue weighted by molar-refractivity contribution is 5.79. The third-order valence-corrected chi connectivity index (χ3v) is 6.60. The van der Waals surface area contributed by atoms with Crippen molar-refractivity contribution in [2.75, 3.05) is 38.7 Å². The number of nitrogens with one attached hydrogen (secondary N) is 2. The van der Waals surface area contributed by atoms with E-state index >= 15 is 0 Å². The summed E-state index contributed by atoms with van der Waals surface area (Å²) in [5.74, 6) is 0.00681. The first-order valence-electron chi connectivity index (χ1n) is 12.6. The number of fused-ring (bicyclic) bond motifs is 1. The van der Waals surface area contributed by atoms with Gasteiger partial charge in [0, 0.05) is 38.4 Å². The Morgan fingerprint density at radius 3 is 2.82 bits per heavy atom. The highest BCUT2D eigenvalue weighted by Gasteiger charge is 2.30. The van der Waals surface area contributed by atoms with Crippen LogP contribution in [0.15, 0.2) is 12.1 Å². The van der Waals surface area contributed by atoms with E-state index in [1.165, 1.54) is 5.56 Å². The smallest absolute Gasteiger partial charge is 0.407 e. The standard InChI is InChI=1S/C25H40N4O5/c1-18(33-2)13-17-34-25(32)28-22(24(30)31)12-16-29(21-10-11-21)15-4-3-7-20-9-8-19-6-5-14-26-23(19)27-20/h8-9,18,21-22H,3-7,10-17H2,1-2H3,(H,26,27)(H,28,32)(H,30,31)/t18?,22-/m0/s1. The largest absolute Gasteiger partial charge is 0.480 e. The zero-order valence-electron chi connectivity index (χ0n) is 20.6. The third kappa shape index (κ3) is 8.76. The number of ether oxygens (including phenoxy) is 2. The number of carboxylic acid groups (broad SMARTS) is 1. The molecule has 0 bridgehead atoms. The van der Waals surface area contributed by atoms with E-state index in [2.05, 4.69) is 27.7 Å². The molecule has 3 rings (SSSR count). The molecule has 34 heavy (non-hydrogen) atoms. The molecule has 1 aliphatic carbocycles. The van der Waals surface area contributed by atoms with Crippen LogP contribution in [-0.4, -0.2) is 78.6 Å². The molecule has 2 heterocycles. The molecule has 0 saturated heterocycles. The van der Waals surface area contributed by atoms with Gasteiger partial charge in [-0.05, 0) is 76.5 Å². The van der Waals surface area contributed by atoms with Gasteiger partial charge < -0.3 is 30.1 Å². The zero-order valence-corrected chi connectivity index (χ0v) is 20.6. The summed E-state index contributed by atoms with van der Waals surface area (Å²) in [6.45, 7) is 4.64. The Balaban J connectivity index is 1.38. The first-order chi connectivity index (χ1) is 16.5. The molecule has 1 saturated carbocycles. The van der Waals surface area contributed by atoms with E-state index in [4.69, 9.17) is 14.5 Å². The van der Waals surface area contributed by atoms with Crippen molar-refractivity contribution in [2.45, 2.75) is 82.9 Å². The number of aliphatic carboxylic acids is 1. The van der Waals surface area contributed by atoms with Crippen molar-refractivity contribution in [3.63, 3.8) is 0 Å². The molecule has 0 spiro atoms. The van der Waals surface area contributed by atoms with Crippen molar-refractivity contribution in [3.05, 3.63) is 23.4 Å². The Hall–Kier alpha value is -2.39. The molecule has 1 aliphatic heterocycles. The minimum absolute atomic E-state index is 0.0186. The number of carbonyl (C=O) groups is 2. The maximum Gasteiger partial charge on any atom is 0.407 e. The van der Waals surface area contributed by atoms with Crippen LogP contribution in [0, 0.1) is 0 Å². The molecule has 3 N–H and O–H groups in total. The lowest BCUT2D eigenvalue weighted by Crippen LogP contribution is -2.44. The molecule has 2 atom stereocenters. The molecule has 9 nitrogen and oxygen atoms in total. The second kappa shape index (κ2) is 13.5. The van der Waals surface area contributed by atoms with Crippen molar-refractivity contribution < 1.29 is 24.2 Å². The van der Waals surface area contributed by atoms with E-state index in [1.54, 1.807) is 7.11 Å². The molecule has 1 amide bonds. The van der Waals surface area contributed by atoms with Crippen molar-refractivity contribution in [3.8, 4) is 0 Å². The van der Waals surface area contributed by atoms with Crippen molar-refractivity contribution >= 4 is 17.9 Å². The van der Waals surface area contributed by atoms with Crippen molar-refractivity contribution in [1.29, 1.82) is 0 Å². The highest BCUT2D eigenvalue weighted by atomic mass is 16.6. The average molecular weight is 477 g/mol. The summed E-state index contributed by atoms with van der Waals surface area (Å²) in [7, 11) is 1.60. The van der Waals surface area contributed by atoms with Gasteiger partial charge in [-0.1, -0.05) is 6.07 Å². The van der Waals surface area contributed by atoms with Gasteiger partial charge in [-0.15, -0.1) is 0 Å². The fourth-order valence-corrected chi connectivity index (χ4v) is 4.22. The molecule has 0 aromatic carbocycles. The van der Waals surface area contributed by atoms with Crippen LogP contribution in [-0.2, 0) is 27.1 Å². The number of aryl methyl sites for hydroxylation is 2. The number of unbranched alkanes of at least 4 members (excludes halogenated alkanes) is 1. The van der Waals surface area contributed by atoms with Gasteiger partial charge in [0.05, 0.1) is 12.7 Å². The molecule has 190 valence electrons. The summed E-state index contributed by atoms with van der Waals surface area (Å²) in [5.41, 5.74) is 2.43. The molecular formula is C25H40N4O5. The van der Waals surface area contributed by atoms with Crippen LogP contribution in [0.4, 0.5) is 10.6 Å². The summed E-state index contributed by atoms with van der Waals surface area (Å²) >= 11 is 0.